The summed E-state index contributed by atoms with van der Waals surface area (Å²) in [6, 6.07) is 3.89. The molecule has 143 valence electrons. The molecule has 1 radical (unpaired) electrons. The number of ether oxygens (including phenoxy) is 1. The number of aryl methyl sites for hydroxylation is 2. The van der Waals surface area contributed by atoms with Crippen molar-refractivity contribution < 1.29 is 47.7 Å². The molecule has 5 heteroatoms. The van der Waals surface area contributed by atoms with Gasteiger partial charge in [-0.1, -0.05) is 18.6 Å². The smallest absolute Gasteiger partial charge is 0.119 e. The van der Waals surface area contributed by atoms with Gasteiger partial charge in [0, 0.05) is 44.0 Å². The Labute approximate surface area is 188 Å². The van der Waals surface area contributed by atoms with Crippen LogP contribution >= 0.6 is 11.6 Å². The maximum Gasteiger partial charge on any atom is 0.119 e. The molecule has 1 aliphatic rings. The number of hydrogen-bond donors (Lipinski definition) is 2. The van der Waals surface area contributed by atoms with E-state index < -0.39 is 6.10 Å². The van der Waals surface area contributed by atoms with E-state index >= 15 is 0 Å². The number of aliphatic hydroxyl groups is 2. The molecule has 0 spiro atoms. The van der Waals surface area contributed by atoms with Crippen molar-refractivity contribution in [2.75, 3.05) is 6.61 Å². The van der Waals surface area contributed by atoms with Crippen molar-refractivity contribution in [1.82, 2.24) is 0 Å². The Bertz CT molecular complexity index is 568. The van der Waals surface area contributed by atoms with Crippen molar-refractivity contribution in [2.45, 2.75) is 57.6 Å². The van der Waals surface area contributed by atoms with Gasteiger partial charge in [-0.3, -0.25) is 0 Å². The summed E-state index contributed by atoms with van der Waals surface area (Å²) >= 11 is 6.46. The predicted octanol–water partition coefficient (Wildman–Crippen LogP) is 4.34. The van der Waals surface area contributed by atoms with E-state index in [0.717, 1.165) is 41.7 Å². The SMILES string of the molecule is [CH2-]CC/C=C\C[C@@H]1[C@@H](COc2cc(C)c(CO)c(C)c2)[C@H](O)C[C@H]1Cl.[Y]. The van der Waals surface area contributed by atoms with Crippen LogP contribution in [0.2, 0.25) is 0 Å². The van der Waals surface area contributed by atoms with Crippen LogP contribution in [0.3, 0.4) is 0 Å². The summed E-state index contributed by atoms with van der Waals surface area (Å²) in [5.74, 6) is 1.03. The van der Waals surface area contributed by atoms with Gasteiger partial charge in [0.15, 0.2) is 0 Å². The van der Waals surface area contributed by atoms with Crippen molar-refractivity contribution in [3.63, 3.8) is 0 Å². The molecule has 1 aliphatic carbocycles. The number of benzene rings is 1. The first-order valence-electron chi connectivity index (χ1n) is 9.08. The Kier molecular flexibility index (Phi) is 11.0. The molecule has 0 bridgehead atoms. The normalized spacial score (nSPS) is 25.5. The summed E-state index contributed by atoms with van der Waals surface area (Å²) in [4.78, 5) is 0. The monoisotopic (exact) mass is 454 g/mol. The third-order valence-electron chi connectivity index (χ3n) is 5.19. The van der Waals surface area contributed by atoms with E-state index in [2.05, 4.69) is 19.1 Å². The van der Waals surface area contributed by atoms with Crippen LogP contribution in [0, 0.1) is 32.6 Å². The summed E-state index contributed by atoms with van der Waals surface area (Å²) in [5, 5.41) is 19.8. The summed E-state index contributed by atoms with van der Waals surface area (Å²) in [7, 11) is 0. The van der Waals surface area contributed by atoms with Gasteiger partial charge in [-0.25, -0.2) is 0 Å². The van der Waals surface area contributed by atoms with E-state index in [1.54, 1.807) is 0 Å². The minimum Gasteiger partial charge on any atom is -0.493 e. The predicted molar refractivity (Wildman–Crippen MR) is 103 cm³/mol. The van der Waals surface area contributed by atoms with Crippen molar-refractivity contribution in [1.29, 1.82) is 0 Å². The number of halogens is 1. The van der Waals surface area contributed by atoms with Crippen LogP contribution in [-0.2, 0) is 39.3 Å². The zero-order valence-electron chi connectivity index (χ0n) is 15.8. The van der Waals surface area contributed by atoms with E-state index in [1.165, 1.54) is 0 Å². The van der Waals surface area contributed by atoms with Gasteiger partial charge >= 0.3 is 0 Å². The molecule has 1 aromatic carbocycles. The van der Waals surface area contributed by atoms with Gasteiger partial charge in [0.2, 0.25) is 0 Å². The van der Waals surface area contributed by atoms with E-state index in [1.807, 2.05) is 26.0 Å². The zero-order valence-corrected chi connectivity index (χ0v) is 19.4. The maximum absolute atomic E-state index is 10.4. The summed E-state index contributed by atoms with van der Waals surface area (Å²) in [5.41, 5.74) is 2.99. The van der Waals surface area contributed by atoms with Crippen LogP contribution in [0.25, 0.3) is 0 Å². The molecule has 26 heavy (non-hydrogen) atoms. The molecule has 0 heterocycles. The van der Waals surface area contributed by atoms with Crippen molar-refractivity contribution in [2.24, 2.45) is 11.8 Å². The fourth-order valence-electron chi connectivity index (χ4n) is 3.66. The number of hydrogen-bond acceptors (Lipinski definition) is 3. The molecule has 0 aromatic heterocycles. The van der Waals surface area contributed by atoms with Crippen molar-refractivity contribution in [3.05, 3.63) is 47.9 Å². The van der Waals surface area contributed by atoms with Gasteiger partial charge in [0.1, 0.15) is 5.75 Å². The molecule has 1 saturated carbocycles. The number of allylic oxidation sites excluding steroid dienone is 2. The molecule has 4 atom stereocenters. The van der Waals surface area contributed by atoms with E-state index in [9.17, 15) is 10.2 Å². The molecule has 1 aromatic rings. The fraction of sp³-hybridized carbons (Fsp3) is 0.571. The van der Waals surface area contributed by atoms with Gasteiger partial charge in [0.25, 0.3) is 0 Å². The van der Waals surface area contributed by atoms with E-state index in [-0.39, 0.29) is 56.5 Å². The molecular weight excluding hydrogens is 425 g/mol. The molecule has 3 nitrogen and oxygen atoms in total. The van der Waals surface area contributed by atoms with Gasteiger partial charge in [-0.15, -0.1) is 11.6 Å². The van der Waals surface area contributed by atoms with Crippen molar-refractivity contribution >= 4 is 11.6 Å². The summed E-state index contributed by atoms with van der Waals surface area (Å²) in [6.45, 7) is 8.27. The van der Waals surface area contributed by atoms with Crippen LogP contribution in [0.1, 0.15) is 42.4 Å². The Hall–Kier alpha value is 0.0739. The standard InChI is InChI=1S/C21H30ClO3.Y/c1-4-5-6-7-8-17-19(21(24)11-20(17)22)13-25-16-9-14(2)18(12-23)15(3)10-16;/h6-7,9-10,17,19-21,23-24H,1,4-5,8,11-13H2,2-3H3;/q-1;/b7-6-;/t17-,19-,20-,21-;/m1./s1. The van der Waals surface area contributed by atoms with E-state index in [0.29, 0.717) is 13.0 Å². The first-order valence-corrected chi connectivity index (χ1v) is 9.51. The number of rotatable bonds is 8. The molecule has 0 aliphatic heterocycles. The summed E-state index contributed by atoms with van der Waals surface area (Å²) < 4.78 is 5.99. The van der Waals surface area contributed by atoms with Crippen LogP contribution < -0.4 is 4.74 Å². The average molecular weight is 455 g/mol. The third-order valence-corrected chi connectivity index (χ3v) is 5.69. The topological polar surface area (TPSA) is 49.7 Å². The Morgan fingerprint density at radius 3 is 2.46 bits per heavy atom. The average Bonchev–Trinajstić information content (AvgIpc) is 2.82. The van der Waals surface area contributed by atoms with Gasteiger partial charge in [-0.2, -0.15) is 6.42 Å². The number of unbranched alkanes of at least 4 members (excludes halogenated alkanes) is 1. The molecule has 0 unspecified atom stereocenters. The minimum absolute atomic E-state index is 0. The van der Waals surface area contributed by atoms with Crippen LogP contribution in [0.4, 0.5) is 0 Å². The largest absolute Gasteiger partial charge is 0.493 e. The molecule has 0 saturated heterocycles. The molecule has 2 rings (SSSR count). The Balaban J connectivity index is 0.00000338. The van der Waals surface area contributed by atoms with E-state index in [4.69, 9.17) is 16.3 Å². The molecule has 0 amide bonds. The Morgan fingerprint density at radius 1 is 1.23 bits per heavy atom. The second-order valence-electron chi connectivity index (χ2n) is 7.00. The first kappa shape index (κ1) is 24.1. The fourth-order valence-corrected chi connectivity index (χ4v) is 4.13. The molecule has 1 fully saturated rings. The van der Waals surface area contributed by atoms with Crippen molar-refractivity contribution in [3.8, 4) is 5.75 Å². The van der Waals surface area contributed by atoms with Gasteiger partial charge < -0.3 is 21.9 Å². The second kappa shape index (κ2) is 11.8. The molecular formula is C21H30ClO3Y-. The maximum atomic E-state index is 10.4. The van der Waals surface area contributed by atoms with Crippen LogP contribution in [0.5, 0.6) is 5.75 Å². The van der Waals surface area contributed by atoms with Crippen LogP contribution in [-0.4, -0.2) is 28.3 Å². The number of aliphatic hydroxyl groups excluding tert-OH is 2. The zero-order chi connectivity index (χ0) is 18.4. The number of alkyl halides is 1. The third kappa shape index (κ3) is 6.31. The van der Waals surface area contributed by atoms with Gasteiger partial charge in [-0.05, 0) is 61.4 Å². The quantitative estimate of drug-likeness (QED) is 0.349. The first-order chi connectivity index (χ1) is 12.0. The van der Waals surface area contributed by atoms with Gasteiger partial charge in [0.05, 0.1) is 19.3 Å². The van der Waals surface area contributed by atoms with Crippen LogP contribution in [0.15, 0.2) is 24.3 Å². The summed E-state index contributed by atoms with van der Waals surface area (Å²) in [6.07, 6.45) is 7.21. The second-order valence-corrected chi connectivity index (χ2v) is 7.56. The Morgan fingerprint density at radius 2 is 1.88 bits per heavy atom. The minimum atomic E-state index is -0.423. The molecule has 2 N–H and O–H groups in total.